The summed E-state index contributed by atoms with van der Waals surface area (Å²) >= 11 is 0. The summed E-state index contributed by atoms with van der Waals surface area (Å²) in [6.45, 7) is 4.59. The lowest BCUT2D eigenvalue weighted by molar-refractivity contribution is 0.0960. The summed E-state index contributed by atoms with van der Waals surface area (Å²) < 4.78 is 11.2. The molecule has 0 atom stereocenters. The van der Waals surface area contributed by atoms with Gasteiger partial charge < -0.3 is 20.1 Å². The SMILES string of the molecule is CCCCCCOc1ccc(C(=O)Nc2cccc(C(=O)NC)c2C)cc1OC. The number of rotatable bonds is 10. The Bertz CT molecular complexity index is 849. The molecule has 2 aromatic rings. The van der Waals surface area contributed by atoms with Crippen LogP contribution in [-0.4, -0.2) is 32.6 Å². The van der Waals surface area contributed by atoms with E-state index in [-0.39, 0.29) is 11.8 Å². The molecular formula is C23H30N2O4. The lowest BCUT2D eigenvalue weighted by Gasteiger charge is -2.14. The van der Waals surface area contributed by atoms with Gasteiger partial charge in [-0.1, -0.05) is 32.3 Å². The predicted octanol–water partition coefficient (Wildman–Crippen LogP) is 4.57. The Balaban J connectivity index is 2.10. The molecule has 0 aliphatic rings. The van der Waals surface area contributed by atoms with E-state index in [2.05, 4.69) is 17.6 Å². The largest absolute Gasteiger partial charge is 0.493 e. The Morgan fingerprint density at radius 1 is 1.00 bits per heavy atom. The molecule has 6 nitrogen and oxygen atoms in total. The number of ether oxygens (including phenoxy) is 2. The van der Waals surface area contributed by atoms with Gasteiger partial charge in [0.2, 0.25) is 0 Å². The summed E-state index contributed by atoms with van der Waals surface area (Å²) in [5, 5.41) is 5.47. The van der Waals surface area contributed by atoms with E-state index >= 15 is 0 Å². The van der Waals surface area contributed by atoms with E-state index in [9.17, 15) is 9.59 Å². The molecule has 156 valence electrons. The average molecular weight is 399 g/mol. The highest BCUT2D eigenvalue weighted by Crippen LogP contribution is 2.29. The minimum absolute atomic E-state index is 0.194. The summed E-state index contributed by atoms with van der Waals surface area (Å²) in [4.78, 5) is 24.7. The third kappa shape index (κ3) is 5.98. The number of hydrogen-bond donors (Lipinski definition) is 2. The van der Waals surface area contributed by atoms with Crippen LogP contribution in [0.3, 0.4) is 0 Å². The zero-order chi connectivity index (χ0) is 21.2. The van der Waals surface area contributed by atoms with Gasteiger partial charge in [0, 0.05) is 23.9 Å². The highest BCUT2D eigenvalue weighted by Gasteiger charge is 2.15. The predicted molar refractivity (Wildman–Crippen MR) is 115 cm³/mol. The van der Waals surface area contributed by atoms with Crippen molar-refractivity contribution in [1.82, 2.24) is 5.32 Å². The van der Waals surface area contributed by atoms with Crippen LogP contribution in [0.15, 0.2) is 36.4 Å². The Morgan fingerprint density at radius 2 is 1.79 bits per heavy atom. The van der Waals surface area contributed by atoms with Gasteiger partial charge in [-0.25, -0.2) is 0 Å². The van der Waals surface area contributed by atoms with Gasteiger partial charge in [0.25, 0.3) is 11.8 Å². The summed E-state index contributed by atoms with van der Waals surface area (Å²) in [6.07, 6.45) is 4.49. The number of unbranched alkanes of at least 4 members (excludes halogenated alkanes) is 3. The van der Waals surface area contributed by atoms with Gasteiger partial charge in [-0.3, -0.25) is 9.59 Å². The maximum atomic E-state index is 12.7. The van der Waals surface area contributed by atoms with Gasteiger partial charge in [0.1, 0.15) is 0 Å². The molecule has 0 fully saturated rings. The molecular weight excluding hydrogens is 368 g/mol. The van der Waals surface area contributed by atoms with Crippen LogP contribution in [0.25, 0.3) is 0 Å². The van der Waals surface area contributed by atoms with E-state index in [1.807, 2.05) is 0 Å². The van der Waals surface area contributed by atoms with E-state index in [0.717, 1.165) is 12.8 Å². The number of carbonyl (C=O) groups excluding carboxylic acids is 2. The lowest BCUT2D eigenvalue weighted by atomic mass is 10.1. The van der Waals surface area contributed by atoms with Crippen LogP contribution in [-0.2, 0) is 0 Å². The van der Waals surface area contributed by atoms with Crippen molar-refractivity contribution >= 4 is 17.5 Å². The molecule has 0 saturated heterocycles. The molecule has 0 aromatic heterocycles. The van der Waals surface area contributed by atoms with Crippen LogP contribution in [0.2, 0.25) is 0 Å². The van der Waals surface area contributed by atoms with Crippen LogP contribution >= 0.6 is 0 Å². The first-order valence-electron chi connectivity index (χ1n) is 9.95. The van der Waals surface area contributed by atoms with Gasteiger partial charge in [-0.05, 0) is 49.2 Å². The fourth-order valence-corrected chi connectivity index (χ4v) is 2.99. The monoisotopic (exact) mass is 398 g/mol. The molecule has 2 N–H and O–H groups in total. The summed E-state index contributed by atoms with van der Waals surface area (Å²) in [5.74, 6) is 0.665. The quantitative estimate of drug-likeness (QED) is 0.575. The van der Waals surface area contributed by atoms with E-state index in [1.165, 1.54) is 12.8 Å². The maximum absolute atomic E-state index is 12.7. The molecule has 0 saturated carbocycles. The van der Waals surface area contributed by atoms with Gasteiger partial charge in [0.15, 0.2) is 11.5 Å². The van der Waals surface area contributed by atoms with Crippen LogP contribution in [0.5, 0.6) is 11.5 Å². The van der Waals surface area contributed by atoms with Crippen LogP contribution in [0.1, 0.15) is 58.9 Å². The molecule has 0 bridgehead atoms. The number of carbonyl (C=O) groups is 2. The number of hydrogen-bond acceptors (Lipinski definition) is 4. The molecule has 6 heteroatoms. The molecule has 0 unspecified atom stereocenters. The first-order chi connectivity index (χ1) is 14.0. The average Bonchev–Trinajstić information content (AvgIpc) is 2.74. The Morgan fingerprint density at radius 3 is 2.48 bits per heavy atom. The smallest absolute Gasteiger partial charge is 0.255 e. The van der Waals surface area contributed by atoms with Crippen molar-refractivity contribution in [3.63, 3.8) is 0 Å². The van der Waals surface area contributed by atoms with Gasteiger partial charge in [-0.15, -0.1) is 0 Å². The van der Waals surface area contributed by atoms with Gasteiger partial charge in [-0.2, -0.15) is 0 Å². The van der Waals surface area contributed by atoms with Crippen molar-refractivity contribution in [3.8, 4) is 11.5 Å². The number of anilines is 1. The summed E-state index contributed by atoms with van der Waals surface area (Å²) in [5.41, 5.74) is 2.27. The van der Waals surface area contributed by atoms with E-state index in [0.29, 0.717) is 40.5 Å². The van der Waals surface area contributed by atoms with Crippen LogP contribution in [0, 0.1) is 6.92 Å². The maximum Gasteiger partial charge on any atom is 0.255 e. The van der Waals surface area contributed by atoms with Gasteiger partial charge in [0.05, 0.1) is 13.7 Å². The molecule has 0 heterocycles. The second kappa shape index (κ2) is 11.1. The first-order valence-corrected chi connectivity index (χ1v) is 9.95. The van der Waals surface area contributed by atoms with Crippen molar-refractivity contribution < 1.29 is 19.1 Å². The third-order valence-corrected chi connectivity index (χ3v) is 4.73. The van der Waals surface area contributed by atoms with Crippen LogP contribution < -0.4 is 20.1 Å². The third-order valence-electron chi connectivity index (χ3n) is 4.73. The molecule has 2 rings (SSSR count). The minimum Gasteiger partial charge on any atom is -0.493 e. The van der Waals surface area contributed by atoms with E-state index in [1.54, 1.807) is 57.5 Å². The number of amides is 2. The number of benzene rings is 2. The second-order valence-corrected chi connectivity index (χ2v) is 6.79. The minimum atomic E-state index is -0.282. The van der Waals surface area contributed by atoms with E-state index < -0.39 is 0 Å². The Kier molecular flexibility index (Phi) is 8.52. The van der Waals surface area contributed by atoms with Crippen molar-refractivity contribution in [2.24, 2.45) is 0 Å². The molecule has 2 amide bonds. The molecule has 29 heavy (non-hydrogen) atoms. The number of methoxy groups -OCH3 is 1. The van der Waals surface area contributed by atoms with Crippen LogP contribution in [0.4, 0.5) is 5.69 Å². The highest BCUT2D eigenvalue weighted by atomic mass is 16.5. The molecule has 2 aromatic carbocycles. The molecule has 0 aliphatic carbocycles. The van der Waals surface area contributed by atoms with Crippen molar-refractivity contribution in [2.75, 3.05) is 26.1 Å². The normalized spacial score (nSPS) is 10.3. The van der Waals surface area contributed by atoms with Crippen molar-refractivity contribution in [1.29, 1.82) is 0 Å². The number of nitrogens with one attached hydrogen (secondary N) is 2. The fraction of sp³-hybridized carbons (Fsp3) is 0.391. The molecule has 0 spiro atoms. The zero-order valence-electron chi connectivity index (χ0n) is 17.6. The van der Waals surface area contributed by atoms with Gasteiger partial charge >= 0.3 is 0 Å². The lowest BCUT2D eigenvalue weighted by Crippen LogP contribution is -2.20. The molecule has 0 aliphatic heterocycles. The Hall–Kier alpha value is -3.02. The zero-order valence-corrected chi connectivity index (χ0v) is 17.6. The standard InChI is InChI=1S/C23H30N2O4/c1-5-6-7-8-14-29-20-13-12-17(15-21(20)28-4)22(26)25-19-11-9-10-18(16(19)2)23(27)24-3/h9-13,15H,5-8,14H2,1-4H3,(H,24,27)(H,25,26). The highest BCUT2D eigenvalue weighted by molar-refractivity contribution is 6.06. The van der Waals surface area contributed by atoms with Crippen molar-refractivity contribution in [3.05, 3.63) is 53.1 Å². The Labute approximate surface area is 172 Å². The fourth-order valence-electron chi connectivity index (χ4n) is 2.99. The first kappa shape index (κ1) is 22.3. The summed E-state index contributed by atoms with van der Waals surface area (Å²) in [6, 6.07) is 10.3. The molecule has 0 radical (unpaired) electrons. The topological polar surface area (TPSA) is 76.7 Å². The van der Waals surface area contributed by atoms with Crippen molar-refractivity contribution in [2.45, 2.75) is 39.5 Å². The summed E-state index contributed by atoms with van der Waals surface area (Å²) in [7, 11) is 3.13. The second-order valence-electron chi connectivity index (χ2n) is 6.79. The van der Waals surface area contributed by atoms with E-state index in [4.69, 9.17) is 9.47 Å².